The third-order valence-corrected chi connectivity index (χ3v) is 3.80. The van der Waals surface area contributed by atoms with Gasteiger partial charge in [-0.05, 0) is 43.7 Å². The number of rotatable bonds is 7. The molecule has 122 valence electrons. The molecular weight excluding hydrogens is 356 g/mol. The van der Waals surface area contributed by atoms with Gasteiger partial charge in [-0.2, -0.15) is 0 Å². The van der Waals surface area contributed by atoms with Crippen LogP contribution in [0, 0.1) is 0 Å². The second-order valence-electron chi connectivity index (χ2n) is 5.28. The van der Waals surface area contributed by atoms with Gasteiger partial charge in [-0.25, -0.2) is 0 Å². The van der Waals surface area contributed by atoms with Crippen molar-refractivity contribution in [3.8, 4) is 5.75 Å². The molecule has 23 heavy (non-hydrogen) atoms. The molecule has 0 fully saturated rings. The molecule has 1 amide bonds. The third kappa shape index (κ3) is 5.94. The van der Waals surface area contributed by atoms with E-state index in [-0.39, 0.29) is 18.6 Å². The smallest absolute Gasteiger partial charge is 0.243 e. The van der Waals surface area contributed by atoms with Gasteiger partial charge in [-0.15, -0.1) is 0 Å². The Morgan fingerprint density at radius 1 is 1.17 bits per heavy atom. The molecule has 0 aliphatic heterocycles. The lowest BCUT2D eigenvalue weighted by Crippen LogP contribution is -2.21. The van der Waals surface area contributed by atoms with Gasteiger partial charge in [0.05, 0.1) is 12.6 Å². The van der Waals surface area contributed by atoms with Gasteiger partial charge in [0.1, 0.15) is 5.75 Å². The van der Waals surface area contributed by atoms with E-state index in [0.717, 1.165) is 28.0 Å². The van der Waals surface area contributed by atoms with E-state index in [1.165, 1.54) is 0 Å². The second-order valence-corrected chi connectivity index (χ2v) is 6.19. The van der Waals surface area contributed by atoms with E-state index in [4.69, 9.17) is 4.74 Å². The van der Waals surface area contributed by atoms with Crippen molar-refractivity contribution in [2.75, 3.05) is 17.2 Å². The number of hydrogen-bond donors (Lipinski definition) is 2. The molecule has 0 aliphatic carbocycles. The van der Waals surface area contributed by atoms with Crippen molar-refractivity contribution in [1.82, 2.24) is 0 Å². The molecule has 2 N–H and O–H groups in total. The predicted molar refractivity (Wildman–Crippen MR) is 98.1 cm³/mol. The van der Waals surface area contributed by atoms with E-state index < -0.39 is 0 Å². The van der Waals surface area contributed by atoms with Crippen molar-refractivity contribution in [3.05, 3.63) is 53.0 Å². The molecule has 2 aromatic carbocycles. The van der Waals surface area contributed by atoms with E-state index in [1.807, 2.05) is 55.5 Å². The summed E-state index contributed by atoms with van der Waals surface area (Å²) in [6, 6.07) is 15.1. The number of carbonyl (C=O) groups excluding carboxylic acids is 1. The van der Waals surface area contributed by atoms with Crippen molar-refractivity contribution in [3.63, 3.8) is 0 Å². The van der Waals surface area contributed by atoms with Crippen LogP contribution in [0.4, 0.5) is 11.4 Å². The summed E-state index contributed by atoms with van der Waals surface area (Å²) in [5.74, 6) is 0.702. The first-order valence-electron chi connectivity index (χ1n) is 7.63. The Labute approximate surface area is 145 Å². The van der Waals surface area contributed by atoms with Gasteiger partial charge in [0.15, 0.2) is 0 Å². The molecule has 2 aromatic rings. The first-order valence-corrected chi connectivity index (χ1v) is 8.42. The first-order chi connectivity index (χ1) is 11.1. The molecule has 5 heteroatoms. The van der Waals surface area contributed by atoms with E-state index in [2.05, 4.69) is 33.5 Å². The van der Waals surface area contributed by atoms with Crippen molar-refractivity contribution in [2.45, 2.75) is 26.4 Å². The lowest BCUT2D eigenvalue weighted by Gasteiger charge is -2.14. The van der Waals surface area contributed by atoms with Crippen LogP contribution < -0.4 is 15.4 Å². The summed E-state index contributed by atoms with van der Waals surface area (Å²) in [5.41, 5.74) is 1.62. The zero-order chi connectivity index (χ0) is 16.7. The zero-order valence-corrected chi connectivity index (χ0v) is 14.9. The predicted octanol–water partition coefficient (Wildman–Crippen LogP) is 4.68. The summed E-state index contributed by atoms with van der Waals surface area (Å²) < 4.78 is 6.70. The minimum Gasteiger partial charge on any atom is -0.491 e. The third-order valence-electron chi connectivity index (χ3n) is 3.31. The molecule has 0 aliphatic rings. The number of benzene rings is 2. The molecule has 0 saturated carbocycles. The van der Waals surface area contributed by atoms with Crippen LogP contribution in [0.25, 0.3) is 0 Å². The number of amides is 1. The molecule has 0 bridgehead atoms. The van der Waals surface area contributed by atoms with Crippen molar-refractivity contribution >= 4 is 33.2 Å². The molecule has 0 saturated heterocycles. The highest BCUT2D eigenvalue weighted by Gasteiger charge is 2.05. The van der Waals surface area contributed by atoms with Crippen molar-refractivity contribution < 1.29 is 9.53 Å². The quantitative estimate of drug-likeness (QED) is 0.737. The highest BCUT2D eigenvalue weighted by Crippen LogP contribution is 2.19. The maximum atomic E-state index is 12.0. The molecule has 1 atom stereocenters. The first kappa shape index (κ1) is 17.3. The normalized spacial score (nSPS) is 11.6. The van der Waals surface area contributed by atoms with Crippen LogP contribution in [0.3, 0.4) is 0 Å². The number of ether oxygens (including phenoxy) is 1. The summed E-state index contributed by atoms with van der Waals surface area (Å²) >= 11 is 3.38. The topological polar surface area (TPSA) is 50.4 Å². The Kier molecular flexibility index (Phi) is 6.47. The highest BCUT2D eigenvalue weighted by atomic mass is 79.9. The fourth-order valence-corrected chi connectivity index (χ4v) is 2.35. The zero-order valence-electron chi connectivity index (χ0n) is 13.3. The molecule has 0 aromatic heterocycles. The van der Waals surface area contributed by atoms with Crippen LogP contribution in [0.2, 0.25) is 0 Å². The SMILES string of the molecule is CCC(C)Oc1cccc(NCC(=O)Nc2cccc(Br)c2)c1. The summed E-state index contributed by atoms with van der Waals surface area (Å²) in [5, 5.41) is 5.95. The minimum absolute atomic E-state index is 0.101. The van der Waals surface area contributed by atoms with Gasteiger partial charge >= 0.3 is 0 Å². The fourth-order valence-electron chi connectivity index (χ4n) is 1.95. The Balaban J connectivity index is 1.87. The molecule has 0 spiro atoms. The standard InChI is InChI=1S/C18H21BrN2O2/c1-3-13(2)23-17-9-5-7-15(11-17)20-12-18(22)21-16-8-4-6-14(19)10-16/h4-11,13,20H,3,12H2,1-2H3,(H,21,22). The molecule has 1 unspecified atom stereocenters. The largest absolute Gasteiger partial charge is 0.491 e. The summed E-state index contributed by atoms with van der Waals surface area (Å²) in [7, 11) is 0. The Morgan fingerprint density at radius 3 is 2.65 bits per heavy atom. The van der Waals surface area contributed by atoms with E-state index >= 15 is 0 Å². The molecule has 0 radical (unpaired) electrons. The molecule has 4 nitrogen and oxygen atoms in total. The molecule has 0 heterocycles. The van der Waals surface area contributed by atoms with Gasteiger partial charge in [0.25, 0.3) is 0 Å². The monoisotopic (exact) mass is 376 g/mol. The van der Waals surface area contributed by atoms with Crippen LogP contribution in [0.1, 0.15) is 20.3 Å². The average Bonchev–Trinajstić information content (AvgIpc) is 2.53. The number of anilines is 2. The molecular formula is C18H21BrN2O2. The van der Waals surface area contributed by atoms with Crippen LogP contribution in [-0.4, -0.2) is 18.6 Å². The Bertz CT molecular complexity index is 661. The second kappa shape index (κ2) is 8.58. The van der Waals surface area contributed by atoms with Crippen LogP contribution in [-0.2, 0) is 4.79 Å². The van der Waals surface area contributed by atoms with E-state index in [9.17, 15) is 4.79 Å². The lowest BCUT2D eigenvalue weighted by molar-refractivity contribution is -0.114. The lowest BCUT2D eigenvalue weighted by atomic mass is 10.2. The van der Waals surface area contributed by atoms with Crippen LogP contribution >= 0.6 is 15.9 Å². The minimum atomic E-state index is -0.101. The highest BCUT2D eigenvalue weighted by molar-refractivity contribution is 9.10. The fraction of sp³-hybridized carbons (Fsp3) is 0.278. The summed E-state index contributed by atoms with van der Waals surface area (Å²) in [6.07, 6.45) is 1.12. The maximum Gasteiger partial charge on any atom is 0.243 e. The van der Waals surface area contributed by atoms with Gasteiger partial charge < -0.3 is 15.4 Å². The van der Waals surface area contributed by atoms with Crippen LogP contribution in [0.5, 0.6) is 5.75 Å². The number of halogens is 1. The van der Waals surface area contributed by atoms with Crippen molar-refractivity contribution in [2.24, 2.45) is 0 Å². The number of hydrogen-bond acceptors (Lipinski definition) is 3. The Morgan fingerprint density at radius 2 is 1.91 bits per heavy atom. The summed E-state index contributed by atoms with van der Waals surface area (Å²) in [4.78, 5) is 12.0. The van der Waals surface area contributed by atoms with Crippen molar-refractivity contribution in [1.29, 1.82) is 0 Å². The summed E-state index contributed by atoms with van der Waals surface area (Å²) in [6.45, 7) is 4.31. The molecule has 2 rings (SSSR count). The van der Waals surface area contributed by atoms with Gasteiger partial charge in [0, 0.05) is 21.9 Å². The van der Waals surface area contributed by atoms with Crippen LogP contribution in [0.15, 0.2) is 53.0 Å². The average molecular weight is 377 g/mol. The van der Waals surface area contributed by atoms with E-state index in [1.54, 1.807) is 0 Å². The van der Waals surface area contributed by atoms with Gasteiger partial charge in [-0.3, -0.25) is 4.79 Å². The number of nitrogens with one attached hydrogen (secondary N) is 2. The Hall–Kier alpha value is -2.01. The van der Waals surface area contributed by atoms with E-state index in [0.29, 0.717) is 0 Å². The van der Waals surface area contributed by atoms with Gasteiger partial charge in [-0.1, -0.05) is 35.0 Å². The van der Waals surface area contributed by atoms with Gasteiger partial charge in [0.2, 0.25) is 5.91 Å². The maximum absolute atomic E-state index is 12.0. The number of carbonyl (C=O) groups is 1.